The van der Waals surface area contributed by atoms with Gasteiger partial charge in [-0.25, -0.2) is 0 Å². The topological polar surface area (TPSA) is 24.8 Å². The Balaban J connectivity index is 1.41. The van der Waals surface area contributed by atoms with Crippen molar-refractivity contribution in [3.05, 3.63) is 71.8 Å². The zero-order valence-electron chi connectivity index (χ0n) is 14.6. The molecule has 0 saturated heterocycles. The Bertz CT molecular complexity index is 782. The van der Waals surface area contributed by atoms with Crippen LogP contribution >= 0.6 is 0 Å². The molecule has 128 valence electrons. The predicted molar refractivity (Wildman–Crippen MR) is 102 cm³/mol. The van der Waals surface area contributed by atoms with E-state index in [0.29, 0.717) is 6.54 Å². The number of nitrogens with zero attached hydrogens (tertiary/aromatic N) is 1. The highest BCUT2D eigenvalue weighted by Crippen LogP contribution is 2.26. The Kier molecular flexibility index (Phi) is 4.66. The first-order valence-electron chi connectivity index (χ1n) is 9.27. The molecular weight excluding hydrogens is 308 g/mol. The Morgan fingerprint density at radius 3 is 2.60 bits per heavy atom. The van der Waals surface area contributed by atoms with Gasteiger partial charge in [-0.1, -0.05) is 48.5 Å². The van der Waals surface area contributed by atoms with E-state index in [1.54, 1.807) is 0 Å². The number of fused-ring (bicyclic) bond motifs is 1. The first kappa shape index (κ1) is 16.1. The van der Waals surface area contributed by atoms with Crippen molar-refractivity contribution >= 4 is 17.2 Å². The largest absolute Gasteiger partial charge is 0.324 e. The second-order valence-corrected chi connectivity index (χ2v) is 7.00. The number of amides is 1. The maximum Gasteiger partial charge on any atom is 0.282 e. The number of anilines is 1. The highest BCUT2D eigenvalue weighted by atomic mass is 16.2. The lowest BCUT2D eigenvalue weighted by atomic mass is 9.99. The van der Waals surface area contributed by atoms with E-state index in [1.165, 1.54) is 21.6 Å². The average Bonchev–Trinajstić information content (AvgIpc) is 2.69. The number of para-hydroxylation sites is 1. The van der Waals surface area contributed by atoms with Crippen LogP contribution in [0.5, 0.6) is 0 Å². The average molecular weight is 333 g/mol. The maximum absolute atomic E-state index is 12.9. The van der Waals surface area contributed by atoms with E-state index in [2.05, 4.69) is 54.6 Å². The van der Waals surface area contributed by atoms with Gasteiger partial charge in [0.15, 0.2) is 6.54 Å². The lowest BCUT2D eigenvalue weighted by Gasteiger charge is -2.31. The fourth-order valence-corrected chi connectivity index (χ4v) is 3.96. The van der Waals surface area contributed by atoms with Crippen molar-refractivity contribution in [3.63, 3.8) is 0 Å². The normalized spacial score (nSPS) is 19.9. The summed E-state index contributed by atoms with van der Waals surface area (Å²) in [6.45, 7) is 3.41. The van der Waals surface area contributed by atoms with E-state index in [9.17, 15) is 4.79 Å². The lowest BCUT2D eigenvalue weighted by molar-refractivity contribution is -0.886. The first-order valence-corrected chi connectivity index (χ1v) is 9.27. The molecule has 0 saturated carbocycles. The summed E-state index contributed by atoms with van der Waals surface area (Å²) in [5.41, 5.74) is 5.16. The van der Waals surface area contributed by atoms with Crippen LogP contribution in [0.15, 0.2) is 60.7 Å². The molecule has 2 aromatic carbocycles. The lowest BCUT2D eigenvalue weighted by Crippen LogP contribution is -3.13. The number of nitrogens with one attached hydrogen (secondary N) is 1. The molecule has 2 heterocycles. The van der Waals surface area contributed by atoms with Crippen molar-refractivity contribution < 1.29 is 9.69 Å². The smallest absolute Gasteiger partial charge is 0.282 e. The molecule has 1 atom stereocenters. The molecule has 2 aliphatic rings. The number of quaternary nitrogens is 1. The summed E-state index contributed by atoms with van der Waals surface area (Å²) in [6, 6.07) is 18.9. The van der Waals surface area contributed by atoms with Crippen molar-refractivity contribution in [1.82, 2.24) is 0 Å². The van der Waals surface area contributed by atoms with Gasteiger partial charge in [0.25, 0.3) is 5.91 Å². The van der Waals surface area contributed by atoms with Gasteiger partial charge >= 0.3 is 0 Å². The van der Waals surface area contributed by atoms with Crippen molar-refractivity contribution in [1.29, 1.82) is 0 Å². The van der Waals surface area contributed by atoms with Crippen molar-refractivity contribution in [2.24, 2.45) is 0 Å². The molecule has 1 amide bonds. The third kappa shape index (κ3) is 3.52. The van der Waals surface area contributed by atoms with E-state index in [0.717, 1.165) is 44.6 Å². The number of aryl methyl sites for hydroxylation is 1. The van der Waals surface area contributed by atoms with E-state index in [1.807, 2.05) is 11.0 Å². The van der Waals surface area contributed by atoms with Crippen LogP contribution in [0, 0.1) is 0 Å². The van der Waals surface area contributed by atoms with Crippen molar-refractivity contribution in [3.8, 4) is 0 Å². The van der Waals surface area contributed by atoms with Crippen molar-refractivity contribution in [2.45, 2.75) is 19.3 Å². The Labute approximate surface area is 149 Å². The molecule has 0 aliphatic carbocycles. The minimum atomic E-state index is 0.263. The zero-order valence-corrected chi connectivity index (χ0v) is 14.6. The fourth-order valence-electron chi connectivity index (χ4n) is 3.96. The number of carbonyl (C=O) groups excluding carboxylic acids is 1. The summed E-state index contributed by atoms with van der Waals surface area (Å²) >= 11 is 0. The SMILES string of the molecule is O=C(C[NH+]1CC=C(c2ccccc2)CC1)N1CCCc2ccccc21. The van der Waals surface area contributed by atoms with Gasteiger partial charge in [0, 0.05) is 18.7 Å². The number of carbonyl (C=O) groups is 1. The Morgan fingerprint density at radius 1 is 1.00 bits per heavy atom. The van der Waals surface area contributed by atoms with Gasteiger partial charge in [-0.15, -0.1) is 0 Å². The predicted octanol–water partition coefficient (Wildman–Crippen LogP) is 2.34. The maximum atomic E-state index is 12.9. The summed E-state index contributed by atoms with van der Waals surface area (Å²) in [5.74, 6) is 0.263. The van der Waals surface area contributed by atoms with Gasteiger partial charge in [-0.05, 0) is 41.7 Å². The van der Waals surface area contributed by atoms with Gasteiger partial charge in [-0.3, -0.25) is 4.79 Å². The molecule has 3 heteroatoms. The zero-order chi connectivity index (χ0) is 17.1. The van der Waals surface area contributed by atoms with Crippen LogP contribution in [-0.4, -0.2) is 32.1 Å². The van der Waals surface area contributed by atoms with Gasteiger partial charge in [0.1, 0.15) is 0 Å². The molecule has 1 N–H and O–H groups in total. The summed E-state index contributed by atoms with van der Waals surface area (Å²) in [4.78, 5) is 16.2. The molecule has 4 rings (SSSR count). The molecule has 0 fully saturated rings. The van der Waals surface area contributed by atoms with Gasteiger partial charge in [-0.2, -0.15) is 0 Å². The molecule has 0 aromatic heterocycles. The van der Waals surface area contributed by atoms with Crippen LogP contribution < -0.4 is 9.80 Å². The Morgan fingerprint density at radius 2 is 1.80 bits per heavy atom. The third-order valence-corrected chi connectivity index (χ3v) is 5.34. The molecular formula is C22H25N2O+. The molecule has 0 radical (unpaired) electrons. The summed E-state index contributed by atoms with van der Waals surface area (Å²) in [5, 5.41) is 0. The monoisotopic (exact) mass is 333 g/mol. The third-order valence-electron chi connectivity index (χ3n) is 5.34. The number of benzene rings is 2. The van der Waals surface area contributed by atoms with Gasteiger partial charge in [0.05, 0.1) is 13.1 Å². The van der Waals surface area contributed by atoms with Crippen LogP contribution in [0.1, 0.15) is 24.0 Å². The van der Waals surface area contributed by atoms with E-state index in [4.69, 9.17) is 0 Å². The second kappa shape index (κ2) is 7.24. The molecule has 0 bridgehead atoms. The minimum absolute atomic E-state index is 0.263. The quantitative estimate of drug-likeness (QED) is 0.916. The summed E-state index contributed by atoms with van der Waals surface area (Å²) in [6.07, 6.45) is 5.50. The van der Waals surface area contributed by atoms with Crippen molar-refractivity contribution in [2.75, 3.05) is 31.1 Å². The summed E-state index contributed by atoms with van der Waals surface area (Å²) in [7, 11) is 0. The number of rotatable bonds is 3. The molecule has 25 heavy (non-hydrogen) atoms. The highest BCUT2D eigenvalue weighted by Gasteiger charge is 2.26. The number of hydrogen-bond donors (Lipinski definition) is 1. The molecule has 2 aromatic rings. The first-order chi connectivity index (χ1) is 12.3. The van der Waals surface area contributed by atoms with E-state index < -0.39 is 0 Å². The van der Waals surface area contributed by atoms with Crippen LogP contribution in [0.25, 0.3) is 5.57 Å². The van der Waals surface area contributed by atoms with E-state index >= 15 is 0 Å². The minimum Gasteiger partial charge on any atom is -0.324 e. The van der Waals surface area contributed by atoms with Crippen LogP contribution in [0.3, 0.4) is 0 Å². The van der Waals surface area contributed by atoms with Gasteiger partial charge in [0.2, 0.25) is 0 Å². The molecule has 2 aliphatic heterocycles. The number of hydrogen-bond acceptors (Lipinski definition) is 1. The molecule has 3 nitrogen and oxygen atoms in total. The van der Waals surface area contributed by atoms with Gasteiger partial charge < -0.3 is 9.80 Å². The van der Waals surface area contributed by atoms with Crippen LogP contribution in [0.4, 0.5) is 5.69 Å². The standard InChI is InChI=1S/C22H24N2O/c25-22(24-14-6-10-20-9-4-5-11-21(20)24)17-23-15-12-19(13-16-23)18-7-2-1-3-8-18/h1-5,7-9,11-12H,6,10,13-17H2/p+1. The van der Waals surface area contributed by atoms with Crippen LogP contribution in [0.2, 0.25) is 0 Å². The van der Waals surface area contributed by atoms with E-state index in [-0.39, 0.29) is 5.91 Å². The van der Waals surface area contributed by atoms with Crippen LogP contribution in [-0.2, 0) is 11.2 Å². The molecule has 0 spiro atoms. The Hall–Kier alpha value is -2.39. The fraction of sp³-hybridized carbons (Fsp3) is 0.318. The highest BCUT2D eigenvalue weighted by molar-refractivity contribution is 5.95. The summed E-state index contributed by atoms with van der Waals surface area (Å²) < 4.78 is 0. The second-order valence-electron chi connectivity index (χ2n) is 7.00. The molecule has 1 unspecified atom stereocenters.